The Morgan fingerprint density at radius 3 is 2.83 bits per heavy atom. The van der Waals surface area contributed by atoms with E-state index in [9.17, 15) is 4.79 Å². The van der Waals surface area contributed by atoms with Crippen LogP contribution in [0, 0.1) is 5.92 Å². The first-order chi connectivity index (χ1) is 8.58. The molecule has 1 amide bonds. The zero-order valence-electron chi connectivity index (χ0n) is 11.2. The lowest BCUT2D eigenvalue weighted by Crippen LogP contribution is -2.28. The topological polar surface area (TPSA) is 36.1 Å². The predicted molar refractivity (Wildman–Crippen MR) is 74.7 cm³/mol. The summed E-state index contributed by atoms with van der Waals surface area (Å²) in [7, 11) is 1.87. The summed E-state index contributed by atoms with van der Waals surface area (Å²) in [4.78, 5) is 17.2. The highest BCUT2D eigenvalue weighted by molar-refractivity contribution is 5.97. The van der Waals surface area contributed by atoms with Crippen LogP contribution < -0.4 is 0 Å². The average Bonchev–Trinajstić information content (AvgIpc) is 2.81. The summed E-state index contributed by atoms with van der Waals surface area (Å²) in [5, 5.41) is 1.08. The lowest BCUT2D eigenvalue weighted by atomic mass is 10.1. The first kappa shape index (κ1) is 12.7. The largest absolute Gasteiger partial charge is 0.361 e. The molecule has 0 atom stereocenters. The van der Waals surface area contributed by atoms with Gasteiger partial charge >= 0.3 is 0 Å². The van der Waals surface area contributed by atoms with Gasteiger partial charge in [0.2, 0.25) is 0 Å². The molecule has 3 heteroatoms. The fourth-order valence-corrected chi connectivity index (χ4v) is 1.96. The van der Waals surface area contributed by atoms with Crippen LogP contribution in [0.25, 0.3) is 10.9 Å². The van der Waals surface area contributed by atoms with Gasteiger partial charge < -0.3 is 9.88 Å². The first-order valence-corrected chi connectivity index (χ1v) is 6.40. The summed E-state index contributed by atoms with van der Waals surface area (Å²) in [6, 6.07) is 7.77. The maximum absolute atomic E-state index is 12.2. The Morgan fingerprint density at radius 1 is 1.33 bits per heavy atom. The summed E-state index contributed by atoms with van der Waals surface area (Å²) < 4.78 is 0. The first-order valence-electron chi connectivity index (χ1n) is 6.40. The van der Waals surface area contributed by atoms with Crippen molar-refractivity contribution in [1.82, 2.24) is 9.88 Å². The van der Waals surface area contributed by atoms with E-state index in [1.165, 1.54) is 0 Å². The highest BCUT2D eigenvalue weighted by Gasteiger charge is 2.12. The van der Waals surface area contributed by atoms with Crippen LogP contribution in [0.1, 0.15) is 30.6 Å². The summed E-state index contributed by atoms with van der Waals surface area (Å²) in [6.45, 7) is 5.15. The number of fused-ring (bicyclic) bond motifs is 1. The van der Waals surface area contributed by atoms with Gasteiger partial charge in [0.25, 0.3) is 5.91 Å². The molecule has 18 heavy (non-hydrogen) atoms. The lowest BCUT2D eigenvalue weighted by Gasteiger charge is -2.18. The molecule has 2 rings (SSSR count). The number of nitrogens with zero attached hydrogens (tertiary/aromatic N) is 1. The molecule has 0 unspecified atom stereocenters. The van der Waals surface area contributed by atoms with E-state index in [-0.39, 0.29) is 5.91 Å². The van der Waals surface area contributed by atoms with Crippen molar-refractivity contribution >= 4 is 16.8 Å². The van der Waals surface area contributed by atoms with Crippen molar-refractivity contribution in [2.24, 2.45) is 5.92 Å². The molecule has 0 fully saturated rings. The molecule has 2 aromatic rings. The minimum Gasteiger partial charge on any atom is -0.361 e. The predicted octanol–water partition coefficient (Wildman–Crippen LogP) is 3.29. The van der Waals surface area contributed by atoms with Crippen LogP contribution in [-0.4, -0.2) is 29.4 Å². The van der Waals surface area contributed by atoms with Gasteiger partial charge in [0.15, 0.2) is 0 Å². The number of carbonyl (C=O) groups excluding carboxylic acids is 1. The fraction of sp³-hybridized carbons (Fsp3) is 0.400. The number of hydrogen-bond donors (Lipinski definition) is 1. The molecule has 96 valence electrons. The molecule has 3 nitrogen and oxygen atoms in total. The Kier molecular flexibility index (Phi) is 3.70. The summed E-state index contributed by atoms with van der Waals surface area (Å²) in [5.74, 6) is 0.714. The van der Waals surface area contributed by atoms with Crippen molar-refractivity contribution < 1.29 is 4.79 Å². The van der Waals surface area contributed by atoms with Gasteiger partial charge in [-0.15, -0.1) is 0 Å². The highest BCUT2D eigenvalue weighted by Crippen LogP contribution is 2.15. The third-order valence-corrected chi connectivity index (χ3v) is 3.19. The zero-order valence-corrected chi connectivity index (χ0v) is 11.2. The molecular weight excluding hydrogens is 224 g/mol. The second-order valence-corrected chi connectivity index (χ2v) is 5.19. The Bertz CT molecular complexity index is 542. The summed E-state index contributed by atoms with van der Waals surface area (Å²) in [5.41, 5.74) is 1.82. The van der Waals surface area contributed by atoms with Crippen molar-refractivity contribution in [2.75, 3.05) is 13.6 Å². The third kappa shape index (κ3) is 2.73. The number of aromatic amines is 1. The SMILES string of the molecule is CC(C)CCN(C)C(=O)c1ccc2[nH]ccc2c1. The number of hydrogen-bond acceptors (Lipinski definition) is 1. The number of carbonyl (C=O) groups is 1. The smallest absolute Gasteiger partial charge is 0.253 e. The standard InChI is InChI=1S/C15H20N2O/c1-11(2)7-9-17(3)15(18)13-4-5-14-12(10-13)6-8-16-14/h4-6,8,10-11,16H,7,9H2,1-3H3. The minimum absolute atomic E-state index is 0.0961. The maximum atomic E-state index is 12.2. The van der Waals surface area contributed by atoms with Gasteiger partial charge in [0.05, 0.1) is 0 Å². The van der Waals surface area contributed by atoms with Crippen LogP contribution in [-0.2, 0) is 0 Å². The van der Waals surface area contributed by atoms with Crippen molar-refractivity contribution in [2.45, 2.75) is 20.3 Å². The number of H-pyrrole nitrogens is 1. The van der Waals surface area contributed by atoms with E-state index >= 15 is 0 Å². The molecule has 1 aromatic carbocycles. The van der Waals surface area contributed by atoms with Gasteiger partial charge in [-0.25, -0.2) is 0 Å². The molecular formula is C15H20N2O. The molecule has 1 aromatic heterocycles. The van der Waals surface area contributed by atoms with E-state index in [0.29, 0.717) is 5.92 Å². The van der Waals surface area contributed by atoms with Gasteiger partial charge in [-0.1, -0.05) is 13.8 Å². The molecule has 1 N–H and O–H groups in total. The van der Waals surface area contributed by atoms with E-state index in [0.717, 1.165) is 29.4 Å². The molecule has 0 aliphatic rings. The van der Waals surface area contributed by atoms with Crippen LogP contribution in [0.2, 0.25) is 0 Å². The van der Waals surface area contributed by atoms with E-state index in [2.05, 4.69) is 18.8 Å². The van der Waals surface area contributed by atoms with Crippen LogP contribution in [0.5, 0.6) is 0 Å². The number of benzene rings is 1. The zero-order chi connectivity index (χ0) is 13.1. The Morgan fingerprint density at radius 2 is 2.11 bits per heavy atom. The molecule has 0 saturated carbocycles. The quantitative estimate of drug-likeness (QED) is 0.880. The van der Waals surface area contributed by atoms with Crippen LogP contribution in [0.15, 0.2) is 30.5 Å². The van der Waals surface area contributed by atoms with Crippen molar-refractivity contribution in [3.63, 3.8) is 0 Å². The maximum Gasteiger partial charge on any atom is 0.253 e. The summed E-state index contributed by atoms with van der Waals surface area (Å²) in [6.07, 6.45) is 2.93. The molecule has 1 heterocycles. The van der Waals surface area contributed by atoms with Gasteiger partial charge in [-0.2, -0.15) is 0 Å². The van der Waals surface area contributed by atoms with Crippen molar-refractivity contribution in [3.8, 4) is 0 Å². The van der Waals surface area contributed by atoms with Crippen molar-refractivity contribution in [3.05, 3.63) is 36.0 Å². The average molecular weight is 244 g/mol. The van der Waals surface area contributed by atoms with E-state index in [1.54, 1.807) is 4.90 Å². The second-order valence-electron chi connectivity index (χ2n) is 5.19. The van der Waals surface area contributed by atoms with Crippen LogP contribution >= 0.6 is 0 Å². The third-order valence-electron chi connectivity index (χ3n) is 3.19. The number of nitrogens with one attached hydrogen (secondary N) is 1. The van der Waals surface area contributed by atoms with Gasteiger partial charge in [-0.05, 0) is 36.6 Å². The Balaban J connectivity index is 2.12. The van der Waals surface area contributed by atoms with Crippen LogP contribution in [0.4, 0.5) is 0 Å². The number of amides is 1. The van der Waals surface area contributed by atoms with E-state index < -0.39 is 0 Å². The molecule has 0 radical (unpaired) electrons. The number of rotatable bonds is 4. The van der Waals surface area contributed by atoms with Gasteiger partial charge in [0.1, 0.15) is 0 Å². The normalized spacial score (nSPS) is 11.1. The van der Waals surface area contributed by atoms with E-state index in [4.69, 9.17) is 0 Å². The monoisotopic (exact) mass is 244 g/mol. The highest BCUT2D eigenvalue weighted by atomic mass is 16.2. The molecule has 0 aliphatic heterocycles. The Labute approximate surface area is 108 Å². The van der Waals surface area contributed by atoms with Gasteiger partial charge in [0, 0.05) is 36.3 Å². The summed E-state index contributed by atoms with van der Waals surface area (Å²) >= 11 is 0. The minimum atomic E-state index is 0.0961. The number of aromatic nitrogens is 1. The Hall–Kier alpha value is -1.77. The molecule has 0 spiro atoms. The second kappa shape index (κ2) is 5.25. The molecule has 0 aliphatic carbocycles. The fourth-order valence-electron chi connectivity index (χ4n) is 1.96. The van der Waals surface area contributed by atoms with Crippen molar-refractivity contribution in [1.29, 1.82) is 0 Å². The molecule has 0 bridgehead atoms. The van der Waals surface area contributed by atoms with E-state index in [1.807, 2.05) is 37.5 Å². The lowest BCUT2D eigenvalue weighted by molar-refractivity contribution is 0.0789. The van der Waals surface area contributed by atoms with Crippen LogP contribution in [0.3, 0.4) is 0 Å². The van der Waals surface area contributed by atoms with Gasteiger partial charge in [-0.3, -0.25) is 4.79 Å². The molecule has 0 saturated heterocycles.